The lowest BCUT2D eigenvalue weighted by molar-refractivity contribution is -0.117. The first-order valence-electron chi connectivity index (χ1n) is 9.33. The van der Waals surface area contributed by atoms with Gasteiger partial charge < -0.3 is 20.5 Å². The van der Waals surface area contributed by atoms with Gasteiger partial charge in [0, 0.05) is 17.0 Å². The molecule has 0 bridgehead atoms. The van der Waals surface area contributed by atoms with E-state index in [9.17, 15) is 9.59 Å². The molecule has 0 spiro atoms. The van der Waals surface area contributed by atoms with Crippen LogP contribution in [0.25, 0.3) is 6.08 Å². The molecule has 7 heteroatoms. The van der Waals surface area contributed by atoms with Gasteiger partial charge in [-0.25, -0.2) is 0 Å². The highest BCUT2D eigenvalue weighted by Crippen LogP contribution is 2.15. The molecule has 0 unspecified atom stereocenters. The first-order chi connectivity index (χ1) is 13.9. The van der Waals surface area contributed by atoms with Crippen molar-refractivity contribution in [1.82, 2.24) is 10.6 Å². The van der Waals surface area contributed by atoms with Gasteiger partial charge in [0.1, 0.15) is 11.4 Å². The minimum absolute atomic E-state index is 0.0792. The fraction of sp³-hybridized carbons (Fsp3) is 0.273. The van der Waals surface area contributed by atoms with Crippen molar-refractivity contribution < 1.29 is 19.4 Å². The van der Waals surface area contributed by atoms with E-state index in [2.05, 4.69) is 37.1 Å². The largest absolute Gasteiger partial charge is 0.493 e. The van der Waals surface area contributed by atoms with Crippen LogP contribution in [0.2, 0.25) is 0 Å². The molecule has 0 radical (unpaired) electrons. The lowest BCUT2D eigenvalue weighted by Gasteiger charge is -2.12. The van der Waals surface area contributed by atoms with Crippen molar-refractivity contribution in [3.8, 4) is 5.75 Å². The summed E-state index contributed by atoms with van der Waals surface area (Å²) in [4.78, 5) is 25.8. The predicted molar refractivity (Wildman–Crippen MR) is 116 cm³/mol. The Labute approximate surface area is 176 Å². The van der Waals surface area contributed by atoms with Crippen molar-refractivity contribution in [2.24, 2.45) is 5.92 Å². The zero-order valence-corrected chi connectivity index (χ0v) is 17.4. The third-order valence-electron chi connectivity index (χ3n) is 3.79. The van der Waals surface area contributed by atoms with Crippen LogP contribution in [0, 0.1) is 5.92 Å². The SMILES string of the molecule is CC(C)COc1ccc(C(=O)N/C(=C\c2ccc(S)cc2)C(=O)NCCO)cc1. The van der Waals surface area contributed by atoms with Crippen molar-refractivity contribution in [2.75, 3.05) is 19.8 Å². The Morgan fingerprint density at radius 3 is 2.34 bits per heavy atom. The van der Waals surface area contributed by atoms with E-state index in [1.807, 2.05) is 0 Å². The number of carbonyl (C=O) groups is 2. The van der Waals surface area contributed by atoms with Gasteiger partial charge in [0.2, 0.25) is 0 Å². The van der Waals surface area contributed by atoms with E-state index in [0.29, 0.717) is 23.8 Å². The lowest BCUT2D eigenvalue weighted by Crippen LogP contribution is -2.36. The summed E-state index contributed by atoms with van der Waals surface area (Å²) < 4.78 is 5.62. The summed E-state index contributed by atoms with van der Waals surface area (Å²) in [6, 6.07) is 13.9. The van der Waals surface area contributed by atoms with Crippen molar-refractivity contribution >= 4 is 30.5 Å². The first kappa shape index (κ1) is 22.5. The van der Waals surface area contributed by atoms with Gasteiger partial charge in [-0.15, -0.1) is 12.6 Å². The van der Waals surface area contributed by atoms with Crippen LogP contribution in [-0.2, 0) is 4.79 Å². The molecule has 0 saturated heterocycles. The number of carbonyl (C=O) groups excluding carboxylic acids is 2. The summed E-state index contributed by atoms with van der Waals surface area (Å²) in [5, 5.41) is 14.1. The molecule has 0 aliphatic rings. The zero-order valence-electron chi connectivity index (χ0n) is 16.5. The second kappa shape index (κ2) is 11.3. The number of thiol groups is 1. The lowest BCUT2D eigenvalue weighted by atomic mass is 10.1. The van der Waals surface area contributed by atoms with Crippen LogP contribution in [0.4, 0.5) is 0 Å². The minimum Gasteiger partial charge on any atom is -0.493 e. The van der Waals surface area contributed by atoms with E-state index < -0.39 is 11.8 Å². The molecule has 0 saturated carbocycles. The molecule has 0 aromatic heterocycles. The number of aliphatic hydroxyl groups is 1. The maximum absolute atomic E-state index is 12.6. The summed E-state index contributed by atoms with van der Waals surface area (Å²) in [5.41, 5.74) is 1.21. The molecule has 3 N–H and O–H groups in total. The van der Waals surface area contributed by atoms with Crippen LogP contribution in [0.3, 0.4) is 0 Å². The molecular weight excluding hydrogens is 388 g/mol. The predicted octanol–water partition coefficient (Wildman–Crippen LogP) is 2.89. The average molecular weight is 415 g/mol. The molecule has 2 aromatic rings. The Bertz CT molecular complexity index is 846. The first-order valence-corrected chi connectivity index (χ1v) is 9.77. The number of aliphatic hydroxyl groups excluding tert-OH is 1. The van der Waals surface area contributed by atoms with E-state index in [4.69, 9.17) is 9.84 Å². The smallest absolute Gasteiger partial charge is 0.267 e. The summed E-state index contributed by atoms with van der Waals surface area (Å²) in [5.74, 6) is 0.175. The van der Waals surface area contributed by atoms with Crippen molar-refractivity contribution in [2.45, 2.75) is 18.7 Å². The second-order valence-electron chi connectivity index (χ2n) is 6.81. The topological polar surface area (TPSA) is 87.7 Å². The Balaban J connectivity index is 2.15. The summed E-state index contributed by atoms with van der Waals surface area (Å²) >= 11 is 4.24. The zero-order chi connectivity index (χ0) is 21.2. The average Bonchev–Trinajstić information content (AvgIpc) is 2.71. The molecule has 0 atom stereocenters. The fourth-order valence-electron chi connectivity index (χ4n) is 2.32. The van der Waals surface area contributed by atoms with Gasteiger partial charge in [-0.2, -0.15) is 0 Å². The Morgan fingerprint density at radius 2 is 1.76 bits per heavy atom. The molecule has 2 amide bonds. The van der Waals surface area contributed by atoms with Crippen LogP contribution in [0.5, 0.6) is 5.75 Å². The second-order valence-corrected chi connectivity index (χ2v) is 7.33. The van der Waals surface area contributed by atoms with Crippen molar-refractivity contribution in [3.63, 3.8) is 0 Å². The number of nitrogens with one attached hydrogen (secondary N) is 2. The Hall–Kier alpha value is -2.77. The normalized spacial score (nSPS) is 11.3. The maximum atomic E-state index is 12.6. The summed E-state index contributed by atoms with van der Waals surface area (Å²) in [7, 11) is 0. The molecule has 0 fully saturated rings. The Morgan fingerprint density at radius 1 is 1.10 bits per heavy atom. The van der Waals surface area contributed by atoms with Gasteiger partial charge in [-0.1, -0.05) is 26.0 Å². The van der Waals surface area contributed by atoms with E-state index in [0.717, 1.165) is 10.5 Å². The third-order valence-corrected chi connectivity index (χ3v) is 4.09. The van der Waals surface area contributed by atoms with Gasteiger partial charge in [0.15, 0.2) is 0 Å². The van der Waals surface area contributed by atoms with E-state index in [-0.39, 0.29) is 18.8 Å². The van der Waals surface area contributed by atoms with Crippen LogP contribution in [0.1, 0.15) is 29.8 Å². The highest BCUT2D eigenvalue weighted by molar-refractivity contribution is 7.80. The molecule has 154 valence electrons. The molecule has 0 heterocycles. The molecule has 2 rings (SSSR count). The highest BCUT2D eigenvalue weighted by atomic mass is 32.1. The van der Waals surface area contributed by atoms with Gasteiger partial charge in [-0.3, -0.25) is 9.59 Å². The molecule has 6 nitrogen and oxygen atoms in total. The van der Waals surface area contributed by atoms with Crippen molar-refractivity contribution in [3.05, 3.63) is 65.4 Å². The van der Waals surface area contributed by atoms with Crippen LogP contribution in [0.15, 0.2) is 59.1 Å². The number of amides is 2. The van der Waals surface area contributed by atoms with Gasteiger partial charge in [-0.05, 0) is 54.0 Å². The Kier molecular flexibility index (Phi) is 8.76. The van der Waals surface area contributed by atoms with Crippen LogP contribution in [-0.4, -0.2) is 36.7 Å². The monoisotopic (exact) mass is 414 g/mol. The van der Waals surface area contributed by atoms with Crippen LogP contribution < -0.4 is 15.4 Å². The van der Waals surface area contributed by atoms with Crippen LogP contribution >= 0.6 is 12.6 Å². The van der Waals surface area contributed by atoms with Crippen molar-refractivity contribution in [1.29, 1.82) is 0 Å². The number of benzene rings is 2. The van der Waals surface area contributed by atoms with E-state index in [1.54, 1.807) is 54.6 Å². The maximum Gasteiger partial charge on any atom is 0.267 e. The highest BCUT2D eigenvalue weighted by Gasteiger charge is 2.14. The third kappa shape index (κ3) is 7.63. The standard InChI is InChI=1S/C22H26N2O4S/c1-15(2)14-28-18-7-5-17(6-8-18)21(26)24-20(22(27)23-11-12-25)13-16-3-9-19(29)10-4-16/h3-10,13,15,25,29H,11-12,14H2,1-2H3,(H,23,27)(H,24,26)/b20-13-. The summed E-state index contributed by atoms with van der Waals surface area (Å²) in [6.07, 6.45) is 1.57. The number of hydrogen-bond acceptors (Lipinski definition) is 5. The molecular formula is C22H26N2O4S. The van der Waals surface area contributed by atoms with Gasteiger partial charge >= 0.3 is 0 Å². The summed E-state index contributed by atoms with van der Waals surface area (Å²) in [6.45, 7) is 4.60. The molecule has 29 heavy (non-hydrogen) atoms. The van der Waals surface area contributed by atoms with E-state index >= 15 is 0 Å². The quantitative estimate of drug-likeness (QED) is 0.375. The molecule has 0 aliphatic heterocycles. The molecule has 2 aromatic carbocycles. The minimum atomic E-state index is -0.487. The van der Waals surface area contributed by atoms with E-state index in [1.165, 1.54) is 0 Å². The van der Waals surface area contributed by atoms with Gasteiger partial charge in [0.05, 0.1) is 13.2 Å². The molecule has 0 aliphatic carbocycles. The van der Waals surface area contributed by atoms with Gasteiger partial charge in [0.25, 0.3) is 11.8 Å². The number of rotatable bonds is 9. The number of ether oxygens (including phenoxy) is 1. The number of hydrogen-bond donors (Lipinski definition) is 4. The fourth-order valence-corrected chi connectivity index (χ4v) is 2.47.